The van der Waals surface area contributed by atoms with Gasteiger partial charge in [0.05, 0.1) is 24.2 Å². The molecule has 7 nitrogen and oxygen atoms in total. The SMILES string of the molecule is O=C(NCC(c1ccco1)N1CCCC1)Nc1ccc(N2CCCC2)nc1. The second kappa shape index (κ2) is 8.43. The molecule has 0 spiro atoms. The summed E-state index contributed by atoms with van der Waals surface area (Å²) in [7, 11) is 0. The fourth-order valence-corrected chi connectivity index (χ4v) is 3.90. The first-order valence-corrected chi connectivity index (χ1v) is 9.83. The van der Waals surface area contributed by atoms with Gasteiger partial charge in [0.2, 0.25) is 0 Å². The summed E-state index contributed by atoms with van der Waals surface area (Å²) in [5.74, 6) is 1.87. The molecule has 2 fully saturated rings. The average Bonchev–Trinajstić information content (AvgIpc) is 3.45. The van der Waals surface area contributed by atoms with Gasteiger partial charge in [-0.25, -0.2) is 9.78 Å². The van der Waals surface area contributed by atoms with Gasteiger partial charge in [0, 0.05) is 19.6 Å². The second-order valence-corrected chi connectivity index (χ2v) is 7.21. The maximum atomic E-state index is 12.3. The van der Waals surface area contributed by atoms with Gasteiger partial charge in [-0.3, -0.25) is 4.90 Å². The molecule has 0 radical (unpaired) electrons. The number of rotatable bonds is 6. The summed E-state index contributed by atoms with van der Waals surface area (Å²) in [5, 5.41) is 5.85. The zero-order valence-electron chi connectivity index (χ0n) is 15.6. The Labute approximate surface area is 159 Å². The molecule has 2 aliphatic heterocycles. The summed E-state index contributed by atoms with van der Waals surface area (Å²) >= 11 is 0. The Hall–Kier alpha value is -2.54. The smallest absolute Gasteiger partial charge is 0.319 e. The molecule has 144 valence electrons. The fourth-order valence-electron chi connectivity index (χ4n) is 3.90. The van der Waals surface area contributed by atoms with Crippen molar-refractivity contribution in [3.05, 3.63) is 42.5 Å². The Kier molecular flexibility index (Phi) is 5.58. The van der Waals surface area contributed by atoms with E-state index in [0.29, 0.717) is 12.2 Å². The van der Waals surface area contributed by atoms with Gasteiger partial charge in [-0.2, -0.15) is 0 Å². The standard InChI is InChI=1S/C20H27N5O2/c26-20(23-16-7-8-19(21-14-16)25-11-3-4-12-25)22-15-17(18-6-5-13-27-18)24-9-1-2-10-24/h5-8,13-14,17H,1-4,9-12,15H2,(H2,22,23,26). The van der Waals surface area contributed by atoms with Crippen LogP contribution in [0, 0.1) is 0 Å². The van der Waals surface area contributed by atoms with Crippen molar-refractivity contribution in [1.29, 1.82) is 0 Å². The van der Waals surface area contributed by atoms with E-state index in [2.05, 4.69) is 25.4 Å². The average molecular weight is 369 g/mol. The van der Waals surface area contributed by atoms with E-state index in [4.69, 9.17) is 4.42 Å². The molecule has 27 heavy (non-hydrogen) atoms. The van der Waals surface area contributed by atoms with Gasteiger partial charge in [0.1, 0.15) is 11.6 Å². The van der Waals surface area contributed by atoms with E-state index in [-0.39, 0.29) is 12.1 Å². The summed E-state index contributed by atoms with van der Waals surface area (Å²) in [6.45, 7) is 4.71. The molecule has 1 unspecified atom stereocenters. The Morgan fingerprint density at radius 1 is 1.11 bits per heavy atom. The van der Waals surface area contributed by atoms with Gasteiger partial charge in [-0.15, -0.1) is 0 Å². The van der Waals surface area contributed by atoms with Crippen LogP contribution in [0.25, 0.3) is 0 Å². The predicted molar refractivity (Wildman–Crippen MR) is 105 cm³/mol. The molecule has 2 N–H and O–H groups in total. The third-order valence-electron chi connectivity index (χ3n) is 5.34. The Bertz CT molecular complexity index is 719. The Balaban J connectivity index is 1.31. The quantitative estimate of drug-likeness (QED) is 0.818. The molecule has 2 aromatic heterocycles. The highest BCUT2D eigenvalue weighted by atomic mass is 16.3. The summed E-state index contributed by atoms with van der Waals surface area (Å²) in [4.78, 5) is 21.4. The monoisotopic (exact) mass is 369 g/mol. The lowest BCUT2D eigenvalue weighted by Gasteiger charge is -2.26. The minimum absolute atomic E-state index is 0.0731. The van der Waals surface area contributed by atoms with Crippen LogP contribution >= 0.6 is 0 Å². The van der Waals surface area contributed by atoms with Crippen LogP contribution in [-0.4, -0.2) is 48.6 Å². The summed E-state index contributed by atoms with van der Waals surface area (Å²) in [5.41, 5.74) is 0.700. The van der Waals surface area contributed by atoms with Crippen molar-refractivity contribution in [3.63, 3.8) is 0 Å². The van der Waals surface area contributed by atoms with E-state index >= 15 is 0 Å². The first-order chi connectivity index (χ1) is 13.3. The number of furan rings is 1. The summed E-state index contributed by atoms with van der Waals surface area (Å²) in [6.07, 6.45) is 8.23. The lowest BCUT2D eigenvalue weighted by atomic mass is 10.2. The number of nitrogens with one attached hydrogen (secondary N) is 2. The van der Waals surface area contributed by atoms with E-state index in [1.165, 1.54) is 25.7 Å². The molecule has 1 atom stereocenters. The van der Waals surface area contributed by atoms with Gasteiger partial charge in [-0.05, 0) is 63.0 Å². The molecule has 0 saturated carbocycles. The van der Waals surface area contributed by atoms with Crippen molar-refractivity contribution in [2.24, 2.45) is 0 Å². The van der Waals surface area contributed by atoms with Gasteiger partial charge < -0.3 is 20.0 Å². The highest BCUT2D eigenvalue weighted by molar-refractivity contribution is 5.89. The normalized spacial score (nSPS) is 18.6. The number of anilines is 2. The molecule has 4 rings (SSSR count). The maximum Gasteiger partial charge on any atom is 0.319 e. The van der Waals surface area contributed by atoms with E-state index in [9.17, 15) is 4.79 Å². The van der Waals surface area contributed by atoms with Gasteiger partial charge in [0.25, 0.3) is 0 Å². The Morgan fingerprint density at radius 2 is 1.89 bits per heavy atom. The van der Waals surface area contributed by atoms with Gasteiger partial charge >= 0.3 is 6.03 Å². The number of nitrogens with zero attached hydrogens (tertiary/aromatic N) is 3. The molecule has 2 aliphatic rings. The van der Waals surface area contributed by atoms with Crippen molar-refractivity contribution in [1.82, 2.24) is 15.2 Å². The molecule has 2 aromatic rings. The predicted octanol–water partition coefficient (Wildman–Crippen LogP) is 3.23. The number of aromatic nitrogens is 1. The van der Waals surface area contributed by atoms with Crippen LogP contribution in [-0.2, 0) is 0 Å². The number of pyridine rings is 1. The summed E-state index contributed by atoms with van der Waals surface area (Å²) in [6, 6.07) is 7.60. The molecule has 0 aromatic carbocycles. The third-order valence-corrected chi connectivity index (χ3v) is 5.34. The number of hydrogen-bond donors (Lipinski definition) is 2. The number of carbonyl (C=O) groups excluding carboxylic acids is 1. The van der Waals surface area contributed by atoms with Crippen LogP contribution in [0.15, 0.2) is 41.1 Å². The number of amides is 2. The largest absolute Gasteiger partial charge is 0.468 e. The topological polar surface area (TPSA) is 73.6 Å². The van der Waals surface area contributed by atoms with Gasteiger partial charge in [-0.1, -0.05) is 0 Å². The van der Waals surface area contributed by atoms with Crippen molar-refractivity contribution in [2.75, 3.05) is 42.9 Å². The van der Waals surface area contributed by atoms with Crippen LogP contribution in [0.1, 0.15) is 37.5 Å². The number of carbonyl (C=O) groups is 1. The lowest BCUT2D eigenvalue weighted by Crippen LogP contribution is -2.38. The van der Waals surface area contributed by atoms with Crippen molar-refractivity contribution < 1.29 is 9.21 Å². The van der Waals surface area contributed by atoms with Crippen molar-refractivity contribution in [3.8, 4) is 0 Å². The van der Waals surface area contributed by atoms with Crippen LogP contribution in [0.2, 0.25) is 0 Å². The minimum atomic E-state index is -0.221. The first-order valence-electron chi connectivity index (χ1n) is 9.83. The van der Waals surface area contributed by atoms with Crippen LogP contribution in [0.5, 0.6) is 0 Å². The molecule has 2 saturated heterocycles. The van der Waals surface area contributed by atoms with Crippen molar-refractivity contribution in [2.45, 2.75) is 31.7 Å². The third kappa shape index (κ3) is 4.42. The minimum Gasteiger partial charge on any atom is -0.468 e. The van der Waals surface area contributed by atoms with Crippen LogP contribution in [0.3, 0.4) is 0 Å². The fraction of sp³-hybridized carbons (Fsp3) is 0.500. The number of urea groups is 1. The molecule has 2 amide bonds. The van der Waals surface area contributed by atoms with Crippen LogP contribution in [0.4, 0.5) is 16.3 Å². The highest BCUT2D eigenvalue weighted by Crippen LogP contribution is 2.25. The van der Waals surface area contributed by atoms with Crippen molar-refractivity contribution >= 4 is 17.5 Å². The molecule has 0 bridgehead atoms. The zero-order valence-corrected chi connectivity index (χ0v) is 15.6. The first kappa shape index (κ1) is 17.9. The highest BCUT2D eigenvalue weighted by Gasteiger charge is 2.26. The molecular weight excluding hydrogens is 342 g/mol. The number of hydrogen-bond acceptors (Lipinski definition) is 5. The molecule has 0 aliphatic carbocycles. The maximum absolute atomic E-state index is 12.3. The number of likely N-dealkylation sites (tertiary alicyclic amines) is 1. The van der Waals surface area contributed by atoms with Gasteiger partial charge in [0.15, 0.2) is 0 Å². The lowest BCUT2D eigenvalue weighted by molar-refractivity contribution is 0.207. The molecular formula is C20H27N5O2. The zero-order chi connectivity index (χ0) is 18.5. The molecule has 4 heterocycles. The van der Waals surface area contributed by atoms with E-state index in [1.54, 1.807) is 12.5 Å². The second-order valence-electron chi connectivity index (χ2n) is 7.21. The summed E-state index contributed by atoms with van der Waals surface area (Å²) < 4.78 is 5.59. The van der Waals surface area contributed by atoms with E-state index in [0.717, 1.165) is 37.8 Å². The van der Waals surface area contributed by atoms with E-state index in [1.807, 2.05) is 24.3 Å². The Morgan fingerprint density at radius 3 is 2.56 bits per heavy atom. The van der Waals surface area contributed by atoms with Crippen LogP contribution < -0.4 is 15.5 Å². The molecule has 7 heteroatoms. The van der Waals surface area contributed by atoms with E-state index < -0.39 is 0 Å².